The molecule has 7 heterocycles. The van der Waals surface area contributed by atoms with Crippen molar-refractivity contribution in [2.45, 2.75) is 117 Å². The van der Waals surface area contributed by atoms with Gasteiger partial charge in [0, 0.05) is 49.2 Å². The number of pyridine rings is 2. The van der Waals surface area contributed by atoms with Crippen molar-refractivity contribution in [2.24, 2.45) is 0 Å². The lowest BCUT2D eigenvalue weighted by Gasteiger charge is -2.32. The number of nitrogens with zero attached hydrogens (tertiary/aromatic N) is 2. The van der Waals surface area contributed by atoms with Gasteiger partial charge < -0.3 is 36.8 Å². The fourth-order valence-electron chi connectivity index (χ4n) is 7.97. The highest BCUT2D eigenvalue weighted by molar-refractivity contribution is 9.10. The molecule has 0 unspecified atom stereocenters. The minimum Gasteiger partial charge on any atom is -0.454 e. The van der Waals surface area contributed by atoms with E-state index >= 15 is 0 Å². The summed E-state index contributed by atoms with van der Waals surface area (Å²) in [7, 11) is -1.39. The topological polar surface area (TPSA) is 107 Å². The molecule has 0 bridgehead atoms. The van der Waals surface area contributed by atoms with Gasteiger partial charge in [0.2, 0.25) is 0 Å². The van der Waals surface area contributed by atoms with E-state index < -0.39 is 21.1 Å². The van der Waals surface area contributed by atoms with Gasteiger partial charge in [0.15, 0.2) is 11.2 Å². The van der Waals surface area contributed by atoms with Crippen LogP contribution in [0.25, 0.3) is 65.7 Å². The van der Waals surface area contributed by atoms with Crippen molar-refractivity contribution in [3.8, 4) is 0 Å². The summed E-state index contributed by atoms with van der Waals surface area (Å²) in [6, 6.07) is 28.3. The van der Waals surface area contributed by atoms with Gasteiger partial charge in [-0.25, -0.2) is 0 Å². The maximum Gasteiger partial charge on any atom is 0.495 e. The molecule has 4 aromatic carbocycles. The monoisotopic (exact) mass is 896 g/mol. The van der Waals surface area contributed by atoms with Crippen LogP contribution in [0.15, 0.2) is 111 Å². The number of aromatic nitrogens is 2. The van der Waals surface area contributed by atoms with Crippen LogP contribution < -0.4 is 5.46 Å². The number of benzene rings is 4. The van der Waals surface area contributed by atoms with Gasteiger partial charge in [0.25, 0.3) is 0 Å². The van der Waals surface area contributed by atoms with E-state index in [1.54, 1.807) is 12.4 Å². The second kappa shape index (κ2) is 14.9. The summed E-state index contributed by atoms with van der Waals surface area (Å²) in [5, 5.41) is 6.41. The van der Waals surface area contributed by atoms with Crippen molar-refractivity contribution in [1.29, 1.82) is 0 Å². The first kappa shape index (κ1) is 43.0. The van der Waals surface area contributed by atoms with Gasteiger partial charge in [-0.2, -0.15) is 0 Å². The molecular weight excluding hydrogens is 845 g/mol. The van der Waals surface area contributed by atoms with E-state index in [2.05, 4.69) is 83.9 Å². The first-order valence-corrected chi connectivity index (χ1v) is 22.0. The maximum absolute atomic E-state index is 6.32. The average molecular weight is 897 g/mol. The number of hydrogen-bond acceptors (Lipinski definition) is 10. The highest BCUT2D eigenvalue weighted by atomic mass is 79.9. The Morgan fingerprint density at radius 1 is 0.419 bits per heavy atom. The third-order valence-electron chi connectivity index (χ3n) is 13.7. The Balaban J connectivity index is 0.000000122. The van der Waals surface area contributed by atoms with Crippen LogP contribution >= 0.6 is 15.9 Å². The van der Waals surface area contributed by atoms with Crippen LogP contribution in [0.3, 0.4) is 0 Å². The number of rotatable bonds is 2. The van der Waals surface area contributed by atoms with Crippen LogP contribution in [0.5, 0.6) is 0 Å². The van der Waals surface area contributed by atoms with Gasteiger partial charge >= 0.3 is 21.1 Å². The van der Waals surface area contributed by atoms with Crippen molar-refractivity contribution in [1.82, 2.24) is 9.97 Å². The molecule has 3 saturated heterocycles. The van der Waals surface area contributed by atoms with E-state index in [0.717, 1.165) is 75.6 Å². The van der Waals surface area contributed by atoms with Crippen molar-refractivity contribution in [2.75, 3.05) is 0 Å². The van der Waals surface area contributed by atoms with Crippen molar-refractivity contribution >= 4 is 108 Å². The predicted molar refractivity (Wildman–Crippen MR) is 254 cm³/mol. The molecule has 8 aromatic rings. The zero-order valence-corrected chi connectivity index (χ0v) is 39.1. The fourth-order valence-corrected chi connectivity index (χ4v) is 8.52. The number of furan rings is 2. The lowest BCUT2D eigenvalue weighted by Crippen LogP contribution is -2.41. The summed E-state index contributed by atoms with van der Waals surface area (Å²) in [4.78, 5) is 9.05. The molecule has 62 heavy (non-hydrogen) atoms. The molecule has 0 amide bonds. The second-order valence-corrected chi connectivity index (χ2v) is 20.3. The van der Waals surface area contributed by atoms with Gasteiger partial charge in [0.1, 0.15) is 22.2 Å². The third kappa shape index (κ3) is 7.16. The van der Waals surface area contributed by atoms with Gasteiger partial charge in [-0.15, -0.1) is 0 Å². The molecule has 0 radical (unpaired) electrons. The minimum absolute atomic E-state index is 0.360. The Hall–Kier alpha value is -4.27. The number of para-hydroxylation sites is 2. The standard InChI is InChI=1S/C21H20BNO3.C15H8BrNO.C12H24B2O4/c1-20(2)21(3,4)26-22(25-20)16-12-15-13-8-5-6-10-17(13)24-19(15)18-14(16)9-7-11-23-18;16-12-8-11-9-4-1-2-6-13(9)18-15(11)14-10(12)5-3-7-17-14;1-9(2)10(3,4)16-13(15-9)14-17-11(5,6)12(7,8)18-14/h5-12H,1-4H3;1-8H;1-8H3. The van der Waals surface area contributed by atoms with Crippen LogP contribution in [-0.2, 0) is 27.9 Å². The van der Waals surface area contributed by atoms with Crippen LogP contribution in [-0.4, -0.2) is 64.7 Å². The summed E-state index contributed by atoms with van der Waals surface area (Å²) in [5.41, 5.74) is 3.94. The number of fused-ring (bicyclic) bond motifs is 10. The number of hydrogen-bond donors (Lipinski definition) is 0. The Kier molecular flexibility index (Phi) is 10.3. The molecule has 0 N–H and O–H groups in total. The Morgan fingerprint density at radius 2 is 0.790 bits per heavy atom. The Morgan fingerprint density at radius 3 is 1.26 bits per heavy atom. The normalized spacial score (nSPS) is 20.6. The van der Waals surface area contributed by atoms with E-state index in [0.29, 0.717) is 0 Å². The summed E-state index contributed by atoms with van der Waals surface area (Å²) in [6.07, 6.45) is 3.59. The average Bonchev–Trinajstić information content (AvgIpc) is 3.95. The second-order valence-electron chi connectivity index (χ2n) is 19.4. The zero-order chi connectivity index (χ0) is 44.2. The van der Waals surface area contributed by atoms with E-state index in [1.165, 1.54) is 0 Å². The molecule has 4 aromatic heterocycles. The van der Waals surface area contributed by atoms with Gasteiger partial charge in [0.05, 0.1) is 33.6 Å². The molecule has 0 saturated carbocycles. The lowest BCUT2D eigenvalue weighted by molar-refractivity contribution is 0.00578. The SMILES string of the molecule is Brc1cc2c3ccccc3oc2c2ncccc12.CC1(C)OB(B2OC(C)(C)C(C)(C)O2)OC1(C)C.CC1(C)OB(c2cc3c4ccccc4oc3c3ncccc23)OC1(C)C. The largest absolute Gasteiger partial charge is 0.495 e. The van der Waals surface area contributed by atoms with Crippen LogP contribution in [0, 0.1) is 0 Å². The molecule has 11 rings (SSSR count). The molecule has 10 nitrogen and oxygen atoms in total. The lowest BCUT2D eigenvalue weighted by atomic mass is 9.49. The summed E-state index contributed by atoms with van der Waals surface area (Å²) >= 11 is 3.61. The maximum atomic E-state index is 6.32. The zero-order valence-electron chi connectivity index (χ0n) is 37.5. The van der Waals surface area contributed by atoms with E-state index in [9.17, 15) is 0 Å². The fraction of sp³-hybridized carbons (Fsp3) is 0.375. The Labute approximate surface area is 371 Å². The molecular formula is C48H52B3BrN2O8. The van der Waals surface area contributed by atoms with Gasteiger partial charge in [-0.05, 0) is 125 Å². The number of halogens is 1. The highest BCUT2D eigenvalue weighted by Gasteiger charge is 2.63. The Bertz CT molecular complexity index is 2930. The molecule has 0 aliphatic carbocycles. The summed E-state index contributed by atoms with van der Waals surface area (Å²) in [6.45, 7) is 24.5. The van der Waals surface area contributed by atoms with Crippen molar-refractivity contribution in [3.63, 3.8) is 0 Å². The smallest absolute Gasteiger partial charge is 0.454 e. The van der Waals surface area contributed by atoms with Crippen LogP contribution in [0.2, 0.25) is 0 Å². The first-order chi connectivity index (χ1) is 29.1. The minimum atomic E-state index is -0.476. The molecule has 14 heteroatoms. The summed E-state index contributed by atoms with van der Waals surface area (Å²) in [5.74, 6) is 0. The van der Waals surface area contributed by atoms with Gasteiger partial charge in [-0.3, -0.25) is 9.97 Å². The van der Waals surface area contributed by atoms with E-state index in [4.69, 9.17) is 36.8 Å². The molecule has 3 aliphatic heterocycles. The summed E-state index contributed by atoms with van der Waals surface area (Å²) < 4.78 is 49.6. The van der Waals surface area contributed by atoms with Crippen LogP contribution in [0.4, 0.5) is 0 Å². The van der Waals surface area contributed by atoms with Crippen LogP contribution in [0.1, 0.15) is 83.1 Å². The molecule has 3 fully saturated rings. The van der Waals surface area contributed by atoms with Crippen molar-refractivity contribution in [3.05, 3.63) is 102 Å². The molecule has 3 aliphatic rings. The first-order valence-electron chi connectivity index (χ1n) is 21.2. The molecule has 318 valence electrons. The molecule has 0 atom stereocenters. The van der Waals surface area contributed by atoms with E-state index in [1.807, 2.05) is 110 Å². The predicted octanol–water partition coefficient (Wildman–Crippen LogP) is 11.6. The highest BCUT2D eigenvalue weighted by Crippen LogP contribution is 2.44. The van der Waals surface area contributed by atoms with E-state index in [-0.39, 0.29) is 33.6 Å². The van der Waals surface area contributed by atoms with Crippen molar-refractivity contribution < 1.29 is 36.8 Å². The molecule has 0 spiro atoms. The third-order valence-corrected chi connectivity index (χ3v) is 14.4. The quantitative estimate of drug-likeness (QED) is 0.156. The van der Waals surface area contributed by atoms with Gasteiger partial charge in [-0.1, -0.05) is 64.5 Å².